The zero-order chi connectivity index (χ0) is 14.1. The minimum absolute atomic E-state index is 0.580. The first-order valence-electron chi connectivity index (χ1n) is 6.99. The largest absolute Gasteiger partial charge is 0.326 e. The van der Waals surface area contributed by atoms with Gasteiger partial charge in [0, 0.05) is 6.54 Å². The van der Waals surface area contributed by atoms with Crippen molar-refractivity contribution in [2.75, 3.05) is 0 Å². The Hall–Kier alpha value is -2.12. The fraction of sp³-hybridized carbons (Fsp3) is 0.158. The molecule has 0 saturated carbocycles. The van der Waals surface area contributed by atoms with Crippen LogP contribution in [0.4, 0.5) is 0 Å². The van der Waals surface area contributed by atoms with E-state index >= 15 is 0 Å². The van der Waals surface area contributed by atoms with Crippen molar-refractivity contribution in [2.24, 2.45) is 5.73 Å². The van der Waals surface area contributed by atoms with E-state index in [0.717, 1.165) is 0 Å². The maximum atomic E-state index is 5.80. The Kier molecular flexibility index (Phi) is 3.29. The third kappa shape index (κ3) is 2.10. The van der Waals surface area contributed by atoms with Crippen LogP contribution < -0.4 is 5.73 Å². The standard InChI is InChI=1S/C19H19N/c1-13-7-9-15(12-20)11-18(13)19-14(2)8-10-16-5-3-4-6-17(16)19/h3-11H,12,20H2,1-2H3. The Morgan fingerprint density at radius 1 is 0.850 bits per heavy atom. The molecule has 0 fully saturated rings. The molecule has 0 aromatic heterocycles. The fourth-order valence-electron chi connectivity index (χ4n) is 2.80. The maximum Gasteiger partial charge on any atom is 0.0178 e. The zero-order valence-electron chi connectivity index (χ0n) is 12.0. The van der Waals surface area contributed by atoms with Crippen LogP contribution >= 0.6 is 0 Å². The van der Waals surface area contributed by atoms with Gasteiger partial charge < -0.3 is 5.73 Å². The van der Waals surface area contributed by atoms with Crippen molar-refractivity contribution in [3.63, 3.8) is 0 Å². The Bertz CT molecular complexity index is 772. The zero-order valence-corrected chi connectivity index (χ0v) is 12.0. The van der Waals surface area contributed by atoms with Gasteiger partial charge in [-0.15, -0.1) is 0 Å². The molecular formula is C19H19N. The summed E-state index contributed by atoms with van der Waals surface area (Å²) >= 11 is 0. The minimum atomic E-state index is 0.580. The monoisotopic (exact) mass is 261 g/mol. The van der Waals surface area contributed by atoms with E-state index in [9.17, 15) is 0 Å². The van der Waals surface area contributed by atoms with Gasteiger partial charge in [-0.3, -0.25) is 0 Å². The summed E-state index contributed by atoms with van der Waals surface area (Å²) in [6, 6.07) is 19.5. The van der Waals surface area contributed by atoms with Gasteiger partial charge in [0.25, 0.3) is 0 Å². The molecule has 3 aromatic rings. The Morgan fingerprint density at radius 3 is 2.40 bits per heavy atom. The molecule has 0 saturated heterocycles. The molecule has 2 N–H and O–H groups in total. The molecule has 0 aliphatic heterocycles. The highest BCUT2D eigenvalue weighted by molar-refractivity contribution is 5.99. The summed E-state index contributed by atoms with van der Waals surface area (Å²) in [5.41, 5.74) is 12.2. The lowest BCUT2D eigenvalue weighted by molar-refractivity contribution is 1.07. The molecule has 0 radical (unpaired) electrons. The second-order valence-electron chi connectivity index (χ2n) is 5.33. The van der Waals surface area contributed by atoms with E-state index in [2.05, 4.69) is 68.4 Å². The van der Waals surface area contributed by atoms with Crippen LogP contribution in [0.5, 0.6) is 0 Å². The molecule has 3 rings (SSSR count). The van der Waals surface area contributed by atoms with E-state index in [1.807, 2.05) is 0 Å². The summed E-state index contributed by atoms with van der Waals surface area (Å²) in [4.78, 5) is 0. The molecule has 100 valence electrons. The number of hydrogen-bond acceptors (Lipinski definition) is 1. The molecule has 0 heterocycles. The van der Waals surface area contributed by atoms with Crippen molar-refractivity contribution in [3.8, 4) is 11.1 Å². The van der Waals surface area contributed by atoms with Crippen LogP contribution in [0.2, 0.25) is 0 Å². The molecule has 0 bridgehead atoms. The Balaban J connectivity index is 2.37. The molecule has 1 nitrogen and oxygen atoms in total. The van der Waals surface area contributed by atoms with E-state index in [1.54, 1.807) is 0 Å². The highest BCUT2D eigenvalue weighted by Crippen LogP contribution is 2.34. The lowest BCUT2D eigenvalue weighted by atomic mass is 9.90. The summed E-state index contributed by atoms with van der Waals surface area (Å²) in [5.74, 6) is 0. The molecule has 0 aliphatic carbocycles. The second kappa shape index (κ2) is 5.10. The van der Waals surface area contributed by atoms with Gasteiger partial charge in [-0.25, -0.2) is 0 Å². The van der Waals surface area contributed by atoms with Crippen LogP contribution in [0.15, 0.2) is 54.6 Å². The lowest BCUT2D eigenvalue weighted by Gasteiger charge is -2.14. The van der Waals surface area contributed by atoms with Crippen molar-refractivity contribution < 1.29 is 0 Å². The molecule has 0 aliphatic rings. The number of hydrogen-bond donors (Lipinski definition) is 1. The average molecular weight is 261 g/mol. The van der Waals surface area contributed by atoms with E-state index in [1.165, 1.54) is 38.6 Å². The number of fused-ring (bicyclic) bond motifs is 1. The maximum absolute atomic E-state index is 5.80. The summed E-state index contributed by atoms with van der Waals surface area (Å²) in [6.45, 7) is 4.92. The molecule has 3 aromatic carbocycles. The van der Waals surface area contributed by atoms with E-state index < -0.39 is 0 Å². The quantitative estimate of drug-likeness (QED) is 0.717. The van der Waals surface area contributed by atoms with Crippen LogP contribution in [0.3, 0.4) is 0 Å². The van der Waals surface area contributed by atoms with Crippen LogP contribution in [0.25, 0.3) is 21.9 Å². The topological polar surface area (TPSA) is 26.0 Å². The van der Waals surface area contributed by atoms with Crippen molar-refractivity contribution in [3.05, 3.63) is 71.3 Å². The lowest BCUT2D eigenvalue weighted by Crippen LogP contribution is -1.98. The van der Waals surface area contributed by atoms with Gasteiger partial charge in [-0.1, -0.05) is 48.5 Å². The fourth-order valence-corrected chi connectivity index (χ4v) is 2.80. The average Bonchev–Trinajstić information content (AvgIpc) is 2.48. The Labute approximate surface area is 120 Å². The van der Waals surface area contributed by atoms with Crippen LogP contribution in [0.1, 0.15) is 16.7 Å². The third-order valence-electron chi connectivity index (χ3n) is 3.94. The van der Waals surface area contributed by atoms with Gasteiger partial charge in [0.2, 0.25) is 0 Å². The number of aryl methyl sites for hydroxylation is 2. The number of benzene rings is 3. The first kappa shape index (κ1) is 12.9. The minimum Gasteiger partial charge on any atom is -0.326 e. The molecule has 20 heavy (non-hydrogen) atoms. The Morgan fingerprint density at radius 2 is 1.60 bits per heavy atom. The van der Waals surface area contributed by atoms with E-state index in [-0.39, 0.29) is 0 Å². The molecule has 0 atom stereocenters. The summed E-state index contributed by atoms with van der Waals surface area (Å²) < 4.78 is 0. The molecule has 0 spiro atoms. The van der Waals surface area contributed by atoms with Gasteiger partial charge in [-0.2, -0.15) is 0 Å². The van der Waals surface area contributed by atoms with E-state index in [0.29, 0.717) is 6.54 Å². The highest BCUT2D eigenvalue weighted by Gasteiger charge is 2.10. The molecule has 0 amide bonds. The van der Waals surface area contributed by atoms with E-state index in [4.69, 9.17) is 5.73 Å². The first-order valence-corrected chi connectivity index (χ1v) is 6.99. The summed E-state index contributed by atoms with van der Waals surface area (Å²) in [5, 5.41) is 2.59. The van der Waals surface area contributed by atoms with Crippen molar-refractivity contribution >= 4 is 10.8 Å². The smallest absolute Gasteiger partial charge is 0.0178 e. The normalized spacial score (nSPS) is 10.9. The third-order valence-corrected chi connectivity index (χ3v) is 3.94. The van der Waals surface area contributed by atoms with Crippen LogP contribution in [-0.4, -0.2) is 0 Å². The predicted molar refractivity (Wildman–Crippen MR) is 86.7 cm³/mol. The number of rotatable bonds is 2. The van der Waals surface area contributed by atoms with Gasteiger partial charge >= 0.3 is 0 Å². The van der Waals surface area contributed by atoms with Crippen LogP contribution in [0, 0.1) is 13.8 Å². The van der Waals surface area contributed by atoms with Gasteiger partial charge in [0.15, 0.2) is 0 Å². The second-order valence-corrected chi connectivity index (χ2v) is 5.33. The predicted octanol–water partition coefficient (Wildman–Crippen LogP) is 4.58. The van der Waals surface area contributed by atoms with Gasteiger partial charge in [0.05, 0.1) is 0 Å². The van der Waals surface area contributed by atoms with Crippen molar-refractivity contribution in [1.29, 1.82) is 0 Å². The highest BCUT2D eigenvalue weighted by atomic mass is 14.5. The van der Waals surface area contributed by atoms with Gasteiger partial charge in [-0.05, 0) is 58.5 Å². The molecule has 1 heteroatoms. The number of nitrogens with two attached hydrogens (primary N) is 1. The first-order chi connectivity index (χ1) is 9.70. The molecule has 0 unspecified atom stereocenters. The molecular weight excluding hydrogens is 242 g/mol. The summed E-state index contributed by atoms with van der Waals surface area (Å²) in [6.07, 6.45) is 0. The van der Waals surface area contributed by atoms with Crippen LogP contribution in [-0.2, 0) is 6.54 Å². The van der Waals surface area contributed by atoms with Crippen molar-refractivity contribution in [2.45, 2.75) is 20.4 Å². The van der Waals surface area contributed by atoms with Crippen molar-refractivity contribution in [1.82, 2.24) is 0 Å². The van der Waals surface area contributed by atoms with Gasteiger partial charge in [0.1, 0.15) is 0 Å². The SMILES string of the molecule is Cc1ccc(CN)cc1-c1c(C)ccc2ccccc12. The summed E-state index contributed by atoms with van der Waals surface area (Å²) in [7, 11) is 0.